The second-order valence-electron chi connectivity index (χ2n) is 7.83. The lowest BCUT2D eigenvalue weighted by Crippen LogP contribution is -2.48. The summed E-state index contributed by atoms with van der Waals surface area (Å²) >= 11 is 0. The van der Waals surface area contributed by atoms with Gasteiger partial charge in [0.15, 0.2) is 0 Å². The summed E-state index contributed by atoms with van der Waals surface area (Å²) in [5, 5.41) is 10.3. The minimum Gasteiger partial charge on any atom is -0.444 e. The first-order chi connectivity index (χ1) is 13.2. The number of benzene rings is 1. The van der Waals surface area contributed by atoms with E-state index in [1.807, 2.05) is 37.3 Å². The van der Waals surface area contributed by atoms with Gasteiger partial charge in [0.25, 0.3) is 0 Å². The first-order valence-electron chi connectivity index (χ1n) is 10.8. The number of likely N-dealkylation sites (tertiary alicyclic amines) is 2. The van der Waals surface area contributed by atoms with E-state index in [0.717, 1.165) is 5.56 Å². The number of hydrogen-bond acceptors (Lipinski definition) is 4. The van der Waals surface area contributed by atoms with Gasteiger partial charge < -0.3 is 9.84 Å². The Kier molecular flexibility index (Phi) is 3.79. The van der Waals surface area contributed by atoms with E-state index >= 15 is 0 Å². The van der Waals surface area contributed by atoms with E-state index < -0.39 is 42.8 Å². The quantitative estimate of drug-likeness (QED) is 0.910. The highest BCUT2D eigenvalue weighted by atomic mass is 16.6. The molecule has 138 valence electrons. The lowest BCUT2D eigenvalue weighted by molar-refractivity contribution is 0.00756. The summed E-state index contributed by atoms with van der Waals surface area (Å²) in [4.78, 5) is 15.8. The van der Waals surface area contributed by atoms with E-state index in [1.54, 1.807) is 25.7 Å². The van der Waals surface area contributed by atoms with Crippen LogP contribution in [0.25, 0.3) is 0 Å². The normalized spacial score (nSPS) is 33.0. The van der Waals surface area contributed by atoms with Crippen LogP contribution in [-0.4, -0.2) is 58.3 Å². The molecule has 2 heterocycles. The molecule has 5 nitrogen and oxygen atoms in total. The van der Waals surface area contributed by atoms with Crippen molar-refractivity contribution in [1.29, 1.82) is 0 Å². The number of nitrogens with zero attached hydrogens (tertiary/aromatic N) is 2. The van der Waals surface area contributed by atoms with E-state index in [9.17, 15) is 9.90 Å². The van der Waals surface area contributed by atoms with Gasteiger partial charge in [-0.05, 0) is 45.6 Å². The van der Waals surface area contributed by atoms with Crippen molar-refractivity contribution >= 4 is 6.09 Å². The predicted molar refractivity (Wildman–Crippen MR) is 97.3 cm³/mol. The van der Waals surface area contributed by atoms with Crippen molar-refractivity contribution in [2.75, 3.05) is 19.6 Å². The minimum absolute atomic E-state index is 0.228. The molecule has 1 aromatic rings. The molecule has 2 bridgehead atoms. The van der Waals surface area contributed by atoms with Gasteiger partial charge in [-0.1, -0.05) is 30.3 Å². The summed E-state index contributed by atoms with van der Waals surface area (Å²) in [6, 6.07) is 7.47. The van der Waals surface area contributed by atoms with Crippen molar-refractivity contribution in [3.05, 3.63) is 35.9 Å². The molecule has 2 saturated heterocycles. The van der Waals surface area contributed by atoms with E-state index in [-0.39, 0.29) is 19.0 Å². The number of carbonyl (C=O) groups is 1. The van der Waals surface area contributed by atoms with Gasteiger partial charge in [0.05, 0.1) is 15.3 Å². The molecule has 3 rings (SSSR count). The molecule has 5 heteroatoms. The smallest absolute Gasteiger partial charge is 0.410 e. The van der Waals surface area contributed by atoms with Gasteiger partial charge in [-0.2, -0.15) is 0 Å². The van der Waals surface area contributed by atoms with Crippen molar-refractivity contribution in [1.82, 2.24) is 9.80 Å². The van der Waals surface area contributed by atoms with Crippen LogP contribution in [0.1, 0.15) is 51.2 Å². The Morgan fingerprint density at radius 3 is 2.72 bits per heavy atom. The van der Waals surface area contributed by atoms with Gasteiger partial charge in [-0.3, -0.25) is 9.80 Å². The molecule has 1 unspecified atom stereocenters. The first-order valence-corrected chi connectivity index (χ1v) is 8.79. The maximum absolute atomic E-state index is 12.9. The molecule has 4 atom stereocenters. The van der Waals surface area contributed by atoms with Crippen LogP contribution in [0.4, 0.5) is 4.79 Å². The number of ether oxygens (including phenoxy) is 1. The topological polar surface area (TPSA) is 53.0 Å². The Bertz CT molecular complexity index is 748. The van der Waals surface area contributed by atoms with E-state index in [1.165, 1.54) is 4.90 Å². The zero-order valence-electron chi connectivity index (χ0n) is 19.3. The summed E-state index contributed by atoms with van der Waals surface area (Å²) in [7, 11) is 0. The lowest BCUT2D eigenvalue weighted by Gasteiger charge is -2.37. The molecule has 2 fully saturated rings. The Balaban J connectivity index is 1.98. The second-order valence-corrected chi connectivity index (χ2v) is 7.83. The summed E-state index contributed by atoms with van der Waals surface area (Å²) in [6.07, 6.45) is -0.451. The summed E-state index contributed by atoms with van der Waals surface area (Å²) in [6.45, 7) is 2.62. The highest BCUT2D eigenvalue weighted by molar-refractivity contribution is 5.69. The number of rotatable bonds is 3. The van der Waals surface area contributed by atoms with Crippen LogP contribution >= 0.6 is 0 Å². The number of aliphatic hydroxyl groups is 1. The molecule has 2 aliphatic heterocycles. The third-order valence-corrected chi connectivity index (χ3v) is 4.83. The summed E-state index contributed by atoms with van der Waals surface area (Å²) in [5.74, 6) is -0.889. The first kappa shape index (κ1) is 13.6. The second kappa shape index (κ2) is 6.96. The Hall–Kier alpha value is -1.59. The zero-order valence-corrected chi connectivity index (χ0v) is 15.3. The van der Waals surface area contributed by atoms with Gasteiger partial charge in [0, 0.05) is 27.9 Å². The van der Waals surface area contributed by atoms with E-state index in [4.69, 9.17) is 10.2 Å². The van der Waals surface area contributed by atoms with Gasteiger partial charge in [0.2, 0.25) is 0 Å². The molecule has 1 N–H and O–H groups in total. The molecule has 25 heavy (non-hydrogen) atoms. The van der Waals surface area contributed by atoms with Crippen molar-refractivity contribution < 1.29 is 20.1 Å². The largest absolute Gasteiger partial charge is 0.444 e. The fourth-order valence-electron chi connectivity index (χ4n) is 3.65. The van der Waals surface area contributed by atoms with Crippen LogP contribution in [0.3, 0.4) is 0 Å². The van der Waals surface area contributed by atoms with Crippen molar-refractivity contribution in [2.45, 2.75) is 57.8 Å². The van der Waals surface area contributed by atoms with Crippen LogP contribution in [0.15, 0.2) is 30.3 Å². The number of piperidine rings is 1. The molecule has 0 aliphatic carbocycles. The van der Waals surface area contributed by atoms with E-state index in [2.05, 4.69) is 0 Å². The monoisotopic (exact) mass is 350 g/mol. The zero-order chi connectivity index (χ0) is 21.8. The van der Waals surface area contributed by atoms with Gasteiger partial charge in [-0.15, -0.1) is 0 Å². The summed E-state index contributed by atoms with van der Waals surface area (Å²) < 4.78 is 39.0. The summed E-state index contributed by atoms with van der Waals surface area (Å²) in [5.41, 5.74) is 0.154. The van der Waals surface area contributed by atoms with Crippen molar-refractivity contribution in [3.63, 3.8) is 0 Å². The van der Waals surface area contributed by atoms with Crippen LogP contribution in [0, 0.1) is 5.92 Å². The fourth-order valence-corrected chi connectivity index (χ4v) is 3.65. The molecule has 2 aliphatic rings. The minimum atomic E-state index is -2.75. The molecule has 1 amide bonds. The predicted octanol–water partition coefficient (Wildman–Crippen LogP) is 3.05. The number of carbonyl (C=O) groups excluding carboxylic acids is 1. The SMILES string of the molecule is [2H]C([2H])(O)[C@H]1[C@H]2C[C@H](CN(C(C)c3ccccc3)C2([2H])[2H])N1C(=O)OC(C)(C)C. The lowest BCUT2D eigenvalue weighted by atomic mass is 9.93. The van der Waals surface area contributed by atoms with Crippen LogP contribution in [0.5, 0.6) is 0 Å². The molecular formula is C20H30N2O3. The average molecular weight is 350 g/mol. The highest BCUT2D eigenvalue weighted by Gasteiger charge is 2.49. The Morgan fingerprint density at radius 1 is 1.44 bits per heavy atom. The number of fused-ring (bicyclic) bond motifs is 2. The third kappa shape index (κ3) is 3.82. The molecule has 0 spiro atoms. The maximum Gasteiger partial charge on any atom is 0.410 e. The van der Waals surface area contributed by atoms with Crippen molar-refractivity contribution in [2.24, 2.45) is 5.92 Å². The van der Waals surface area contributed by atoms with Crippen molar-refractivity contribution in [3.8, 4) is 0 Å². The fraction of sp³-hybridized carbons (Fsp3) is 0.650. The molecule has 1 aromatic carbocycles. The number of hydrogen-bond donors (Lipinski definition) is 1. The molecule has 0 saturated carbocycles. The van der Waals surface area contributed by atoms with Gasteiger partial charge in [-0.25, -0.2) is 4.79 Å². The van der Waals surface area contributed by atoms with Crippen LogP contribution in [0.2, 0.25) is 0 Å². The molecule has 0 aromatic heterocycles. The highest BCUT2D eigenvalue weighted by Crippen LogP contribution is 2.38. The van der Waals surface area contributed by atoms with Gasteiger partial charge >= 0.3 is 6.09 Å². The van der Waals surface area contributed by atoms with E-state index in [0.29, 0.717) is 0 Å². The van der Waals surface area contributed by atoms with Crippen LogP contribution in [-0.2, 0) is 4.74 Å². The molecular weight excluding hydrogens is 316 g/mol. The standard InChI is InChI=1S/C20H30N2O3/c1-14(15-8-6-5-7-9-15)21-11-16-10-17(12-21)22(18(16)13-23)19(24)25-20(2,3)4/h5-9,14,16-18,23H,10-13H2,1-4H3/t14?,16-,17+,18-/m0/s1/i11D2,13D2. The molecule has 0 radical (unpaired) electrons. The van der Waals surface area contributed by atoms with Gasteiger partial charge in [0.1, 0.15) is 5.60 Å². The average Bonchev–Trinajstić information content (AvgIpc) is 2.94. The Morgan fingerprint density at radius 2 is 2.12 bits per heavy atom. The van der Waals surface area contributed by atoms with Crippen LogP contribution < -0.4 is 0 Å². The number of amides is 1. The third-order valence-electron chi connectivity index (χ3n) is 4.83. The maximum atomic E-state index is 12.9. The Labute approximate surface area is 156 Å².